The van der Waals surface area contributed by atoms with Gasteiger partial charge in [0.15, 0.2) is 5.65 Å². The first-order valence-corrected chi connectivity index (χ1v) is 8.44. The van der Waals surface area contributed by atoms with E-state index in [0.717, 1.165) is 39.9 Å². The number of rotatable bonds is 4. The number of allylic oxidation sites excluding steroid dienone is 3. The fourth-order valence-corrected chi connectivity index (χ4v) is 2.76. The van der Waals surface area contributed by atoms with Gasteiger partial charge < -0.3 is 0 Å². The minimum absolute atomic E-state index is 0.227. The Morgan fingerprint density at radius 1 is 1.16 bits per heavy atom. The molecule has 0 aliphatic rings. The molecule has 0 saturated carbocycles. The topological polar surface area (TPSA) is 30.2 Å². The molecule has 4 heteroatoms. The Kier molecular flexibility index (Phi) is 4.79. The third-order valence-electron chi connectivity index (χ3n) is 4.35. The lowest BCUT2D eigenvalue weighted by Crippen LogP contribution is -1.95. The van der Waals surface area contributed by atoms with Gasteiger partial charge in [-0.05, 0) is 61.6 Å². The van der Waals surface area contributed by atoms with Crippen molar-refractivity contribution in [3.8, 4) is 0 Å². The van der Waals surface area contributed by atoms with Gasteiger partial charge in [-0.25, -0.2) is 13.9 Å². The first-order valence-electron chi connectivity index (χ1n) is 8.44. The highest BCUT2D eigenvalue weighted by Crippen LogP contribution is 2.29. The number of hydrogen-bond acceptors (Lipinski definition) is 2. The summed E-state index contributed by atoms with van der Waals surface area (Å²) in [7, 11) is 0. The molecular formula is C21H22FN3. The lowest BCUT2D eigenvalue weighted by molar-refractivity contribution is 0.626. The van der Waals surface area contributed by atoms with Crippen LogP contribution in [0.2, 0.25) is 0 Å². The van der Waals surface area contributed by atoms with Crippen LogP contribution in [0.3, 0.4) is 0 Å². The van der Waals surface area contributed by atoms with E-state index in [4.69, 9.17) is 0 Å². The first kappa shape index (κ1) is 17.1. The predicted octanol–water partition coefficient (Wildman–Crippen LogP) is 5.27. The van der Waals surface area contributed by atoms with Gasteiger partial charge in [-0.1, -0.05) is 30.7 Å². The first-order chi connectivity index (χ1) is 12.0. The number of benzene rings is 1. The van der Waals surface area contributed by atoms with Gasteiger partial charge in [0.1, 0.15) is 5.82 Å². The summed E-state index contributed by atoms with van der Waals surface area (Å²) in [6.45, 7) is 8.14. The molecule has 0 spiro atoms. The SMILES string of the molecule is CC/C(C)=C\C=C(/c1ccc(F)cc1C)c1cnn2cc(C)cnc12. The average Bonchev–Trinajstić information content (AvgIpc) is 2.99. The molecule has 1 aromatic carbocycles. The molecule has 0 amide bonds. The van der Waals surface area contributed by atoms with Crippen LogP contribution in [0.4, 0.5) is 4.39 Å². The van der Waals surface area contributed by atoms with Crippen LogP contribution < -0.4 is 0 Å². The molecule has 0 saturated heterocycles. The number of fused-ring (bicyclic) bond motifs is 1. The summed E-state index contributed by atoms with van der Waals surface area (Å²) in [6, 6.07) is 4.88. The van der Waals surface area contributed by atoms with Crippen molar-refractivity contribution in [3.05, 3.63) is 82.6 Å². The maximum absolute atomic E-state index is 13.6. The molecule has 0 atom stereocenters. The van der Waals surface area contributed by atoms with Crippen LogP contribution in [-0.2, 0) is 0 Å². The van der Waals surface area contributed by atoms with Crippen molar-refractivity contribution < 1.29 is 4.39 Å². The number of aryl methyl sites for hydroxylation is 2. The maximum atomic E-state index is 13.6. The van der Waals surface area contributed by atoms with E-state index in [1.807, 2.05) is 38.5 Å². The van der Waals surface area contributed by atoms with Crippen molar-refractivity contribution in [3.63, 3.8) is 0 Å². The summed E-state index contributed by atoms with van der Waals surface area (Å²) >= 11 is 0. The molecule has 2 aromatic heterocycles. The molecular weight excluding hydrogens is 313 g/mol. The fourth-order valence-electron chi connectivity index (χ4n) is 2.76. The summed E-state index contributed by atoms with van der Waals surface area (Å²) in [5.41, 5.74) is 6.93. The normalized spacial score (nSPS) is 12.8. The van der Waals surface area contributed by atoms with Crippen LogP contribution in [-0.4, -0.2) is 14.6 Å². The van der Waals surface area contributed by atoms with Gasteiger partial charge in [0.05, 0.1) is 6.20 Å². The van der Waals surface area contributed by atoms with Crippen molar-refractivity contribution >= 4 is 11.2 Å². The molecule has 0 N–H and O–H groups in total. The van der Waals surface area contributed by atoms with E-state index in [0.29, 0.717) is 0 Å². The molecule has 0 radical (unpaired) electrons. The number of halogens is 1. The Balaban J connectivity index is 2.23. The molecule has 0 bridgehead atoms. The second-order valence-electron chi connectivity index (χ2n) is 6.36. The molecule has 128 valence electrons. The Hall–Kier alpha value is -2.75. The second kappa shape index (κ2) is 7.01. The van der Waals surface area contributed by atoms with Crippen LogP contribution in [0.25, 0.3) is 11.2 Å². The summed E-state index contributed by atoms with van der Waals surface area (Å²) in [5.74, 6) is -0.227. The highest BCUT2D eigenvalue weighted by Gasteiger charge is 2.14. The summed E-state index contributed by atoms with van der Waals surface area (Å²) in [4.78, 5) is 4.55. The second-order valence-corrected chi connectivity index (χ2v) is 6.36. The van der Waals surface area contributed by atoms with Gasteiger partial charge in [-0.15, -0.1) is 0 Å². The van der Waals surface area contributed by atoms with Crippen molar-refractivity contribution in [2.75, 3.05) is 0 Å². The minimum atomic E-state index is -0.227. The minimum Gasteiger partial charge on any atom is -0.236 e. The van der Waals surface area contributed by atoms with E-state index in [1.165, 1.54) is 11.6 Å². The largest absolute Gasteiger partial charge is 0.236 e. The van der Waals surface area contributed by atoms with Gasteiger partial charge >= 0.3 is 0 Å². The van der Waals surface area contributed by atoms with Crippen LogP contribution >= 0.6 is 0 Å². The lowest BCUT2D eigenvalue weighted by atomic mass is 9.95. The summed E-state index contributed by atoms with van der Waals surface area (Å²) < 4.78 is 15.3. The van der Waals surface area contributed by atoms with E-state index in [1.54, 1.807) is 10.6 Å². The van der Waals surface area contributed by atoms with Crippen molar-refractivity contribution in [1.29, 1.82) is 0 Å². The number of hydrogen-bond donors (Lipinski definition) is 0. The Morgan fingerprint density at radius 3 is 2.68 bits per heavy atom. The third kappa shape index (κ3) is 3.53. The van der Waals surface area contributed by atoms with E-state index in [9.17, 15) is 4.39 Å². The smallest absolute Gasteiger partial charge is 0.162 e. The van der Waals surface area contributed by atoms with Gasteiger partial charge in [0.2, 0.25) is 0 Å². The standard InChI is InChI=1S/C21H22FN3/c1-5-14(2)6-8-19(18-9-7-17(22)10-16(18)4)20-12-24-25-13-15(3)11-23-21(20)25/h6-13H,5H2,1-4H3/b14-6-,19-8+. The van der Waals surface area contributed by atoms with Crippen LogP contribution in [0, 0.1) is 19.7 Å². The highest BCUT2D eigenvalue weighted by molar-refractivity contribution is 5.87. The average molecular weight is 335 g/mol. The molecule has 3 rings (SSSR count). The maximum Gasteiger partial charge on any atom is 0.162 e. The monoisotopic (exact) mass is 335 g/mol. The molecule has 25 heavy (non-hydrogen) atoms. The van der Waals surface area contributed by atoms with E-state index >= 15 is 0 Å². The van der Waals surface area contributed by atoms with Gasteiger partial charge in [-0.3, -0.25) is 0 Å². The van der Waals surface area contributed by atoms with Gasteiger partial charge in [-0.2, -0.15) is 5.10 Å². The number of aromatic nitrogens is 3. The van der Waals surface area contributed by atoms with E-state index in [2.05, 4.69) is 36.1 Å². The zero-order valence-corrected chi connectivity index (χ0v) is 15.0. The molecule has 0 aliphatic carbocycles. The zero-order valence-electron chi connectivity index (χ0n) is 15.0. The summed E-state index contributed by atoms with van der Waals surface area (Å²) in [5, 5.41) is 4.44. The Labute approximate surface area is 147 Å². The van der Waals surface area contributed by atoms with Crippen LogP contribution in [0.15, 0.2) is 54.5 Å². The molecule has 0 unspecified atom stereocenters. The molecule has 0 fully saturated rings. The zero-order chi connectivity index (χ0) is 18.0. The summed E-state index contributed by atoms with van der Waals surface area (Å²) in [6.07, 6.45) is 10.8. The fraction of sp³-hybridized carbons (Fsp3) is 0.238. The Bertz CT molecular complexity index is 980. The molecule has 3 aromatic rings. The number of nitrogens with zero attached hydrogens (tertiary/aromatic N) is 3. The van der Waals surface area contributed by atoms with Crippen molar-refractivity contribution in [1.82, 2.24) is 14.6 Å². The molecule has 3 nitrogen and oxygen atoms in total. The van der Waals surface area contributed by atoms with Crippen molar-refractivity contribution in [2.45, 2.75) is 34.1 Å². The van der Waals surface area contributed by atoms with E-state index < -0.39 is 0 Å². The van der Waals surface area contributed by atoms with Gasteiger partial charge in [0.25, 0.3) is 0 Å². The lowest BCUT2D eigenvalue weighted by Gasteiger charge is -2.10. The van der Waals surface area contributed by atoms with Crippen LogP contribution in [0.1, 0.15) is 42.5 Å². The third-order valence-corrected chi connectivity index (χ3v) is 4.35. The van der Waals surface area contributed by atoms with Crippen molar-refractivity contribution in [2.24, 2.45) is 0 Å². The molecule has 0 aliphatic heterocycles. The Morgan fingerprint density at radius 2 is 1.96 bits per heavy atom. The predicted molar refractivity (Wildman–Crippen MR) is 100.0 cm³/mol. The van der Waals surface area contributed by atoms with Gasteiger partial charge in [0, 0.05) is 18.0 Å². The van der Waals surface area contributed by atoms with Crippen LogP contribution in [0.5, 0.6) is 0 Å². The quantitative estimate of drug-likeness (QED) is 0.608. The van der Waals surface area contributed by atoms with E-state index in [-0.39, 0.29) is 5.82 Å². The highest BCUT2D eigenvalue weighted by atomic mass is 19.1. The molecule has 2 heterocycles.